The van der Waals surface area contributed by atoms with Gasteiger partial charge in [-0.25, -0.2) is 4.98 Å². The molecule has 4 heterocycles. The van der Waals surface area contributed by atoms with Gasteiger partial charge in [-0.1, -0.05) is 0 Å². The molecule has 7 heteroatoms. The molecule has 1 atom stereocenters. The molecule has 0 saturated carbocycles. The largest absolute Gasteiger partial charge is 0.377 e. The number of hydrogen-bond acceptors (Lipinski definition) is 7. The summed E-state index contributed by atoms with van der Waals surface area (Å²) in [7, 11) is 0. The Morgan fingerprint density at radius 3 is 2.65 bits per heavy atom. The van der Waals surface area contributed by atoms with Crippen LogP contribution in [0.1, 0.15) is 16.3 Å². The van der Waals surface area contributed by atoms with Gasteiger partial charge in [-0.3, -0.25) is 14.8 Å². The van der Waals surface area contributed by atoms with E-state index in [1.54, 1.807) is 11.3 Å². The van der Waals surface area contributed by atoms with E-state index in [-0.39, 0.29) is 5.60 Å². The standard InChI is InChI=1S/C19H26N4O2S/c1-16-21-18(12-26-16)11-23-6-8-24-15-19(14-23)13-22(7-9-25-19)10-17-2-4-20-5-3-17/h2-5,12H,6-11,13-15H2,1H3. The molecule has 2 aliphatic heterocycles. The minimum Gasteiger partial charge on any atom is -0.377 e. The lowest BCUT2D eigenvalue weighted by Crippen LogP contribution is -2.58. The van der Waals surface area contributed by atoms with Crippen molar-refractivity contribution in [3.63, 3.8) is 0 Å². The fraction of sp³-hybridized carbons (Fsp3) is 0.579. The van der Waals surface area contributed by atoms with Gasteiger partial charge in [-0.05, 0) is 24.6 Å². The Bertz CT molecular complexity index is 711. The number of thiazole rings is 1. The maximum Gasteiger partial charge on any atom is 0.117 e. The summed E-state index contributed by atoms with van der Waals surface area (Å²) in [6.07, 6.45) is 3.72. The molecule has 4 rings (SSSR count). The highest BCUT2D eigenvalue weighted by molar-refractivity contribution is 7.09. The molecule has 140 valence electrons. The average molecular weight is 375 g/mol. The maximum atomic E-state index is 6.29. The number of rotatable bonds is 4. The second-order valence-corrected chi connectivity index (χ2v) is 8.28. The van der Waals surface area contributed by atoms with Gasteiger partial charge >= 0.3 is 0 Å². The Balaban J connectivity index is 1.43. The van der Waals surface area contributed by atoms with Gasteiger partial charge in [-0.15, -0.1) is 11.3 Å². The molecule has 1 unspecified atom stereocenters. The van der Waals surface area contributed by atoms with Crippen LogP contribution in [0, 0.1) is 6.92 Å². The first-order valence-electron chi connectivity index (χ1n) is 9.17. The van der Waals surface area contributed by atoms with Crippen molar-refractivity contribution in [1.82, 2.24) is 19.8 Å². The summed E-state index contributed by atoms with van der Waals surface area (Å²) in [6, 6.07) is 4.17. The molecule has 2 saturated heterocycles. The number of nitrogens with zero attached hydrogens (tertiary/aromatic N) is 4. The third-order valence-electron chi connectivity index (χ3n) is 4.96. The van der Waals surface area contributed by atoms with Crippen molar-refractivity contribution >= 4 is 11.3 Å². The number of aryl methyl sites for hydroxylation is 1. The van der Waals surface area contributed by atoms with Crippen LogP contribution in [-0.2, 0) is 22.6 Å². The highest BCUT2D eigenvalue weighted by atomic mass is 32.1. The number of pyridine rings is 1. The van der Waals surface area contributed by atoms with Crippen LogP contribution in [-0.4, -0.2) is 71.4 Å². The van der Waals surface area contributed by atoms with Crippen LogP contribution in [0.3, 0.4) is 0 Å². The first-order chi connectivity index (χ1) is 12.7. The van der Waals surface area contributed by atoms with Gasteiger partial charge in [0.1, 0.15) is 5.60 Å². The van der Waals surface area contributed by atoms with E-state index in [0.717, 1.165) is 63.2 Å². The Morgan fingerprint density at radius 2 is 1.88 bits per heavy atom. The van der Waals surface area contributed by atoms with E-state index in [1.165, 1.54) is 5.56 Å². The molecule has 2 aliphatic rings. The topological polar surface area (TPSA) is 50.7 Å². The number of hydrogen-bond donors (Lipinski definition) is 0. The molecule has 2 aromatic rings. The third-order valence-corrected chi connectivity index (χ3v) is 5.79. The molecule has 0 aromatic carbocycles. The fourth-order valence-electron chi connectivity index (χ4n) is 3.82. The van der Waals surface area contributed by atoms with Crippen molar-refractivity contribution < 1.29 is 9.47 Å². The van der Waals surface area contributed by atoms with E-state index in [0.29, 0.717) is 6.61 Å². The molecule has 2 aromatic heterocycles. The minimum absolute atomic E-state index is 0.257. The van der Waals surface area contributed by atoms with Crippen molar-refractivity contribution in [1.29, 1.82) is 0 Å². The summed E-state index contributed by atoms with van der Waals surface area (Å²) in [5.41, 5.74) is 2.18. The summed E-state index contributed by atoms with van der Waals surface area (Å²) in [6.45, 7) is 9.66. The van der Waals surface area contributed by atoms with Crippen LogP contribution in [0.2, 0.25) is 0 Å². The number of aromatic nitrogens is 2. The molecule has 2 fully saturated rings. The number of ether oxygens (including phenoxy) is 2. The predicted octanol–water partition coefficient (Wildman–Crippen LogP) is 1.95. The molecule has 0 aliphatic carbocycles. The fourth-order valence-corrected chi connectivity index (χ4v) is 4.42. The monoisotopic (exact) mass is 374 g/mol. The molecule has 0 radical (unpaired) electrons. The van der Waals surface area contributed by atoms with Gasteiger partial charge in [0.15, 0.2) is 0 Å². The van der Waals surface area contributed by atoms with Gasteiger partial charge in [-0.2, -0.15) is 0 Å². The molecule has 1 spiro atoms. The summed E-state index contributed by atoms with van der Waals surface area (Å²) in [5, 5.41) is 3.28. The molecular weight excluding hydrogens is 348 g/mol. The lowest BCUT2D eigenvalue weighted by Gasteiger charge is -2.43. The third kappa shape index (κ3) is 4.47. The Hall–Kier alpha value is -1.38. The molecule has 6 nitrogen and oxygen atoms in total. The van der Waals surface area contributed by atoms with Gasteiger partial charge < -0.3 is 9.47 Å². The molecule has 0 N–H and O–H groups in total. The van der Waals surface area contributed by atoms with Gasteiger partial charge in [0.2, 0.25) is 0 Å². The van der Waals surface area contributed by atoms with Gasteiger partial charge in [0.25, 0.3) is 0 Å². The van der Waals surface area contributed by atoms with Crippen molar-refractivity contribution in [2.75, 3.05) is 46.0 Å². The van der Waals surface area contributed by atoms with E-state index in [4.69, 9.17) is 9.47 Å². The Labute approximate surface area is 158 Å². The first-order valence-corrected chi connectivity index (χ1v) is 10.1. The lowest BCUT2D eigenvalue weighted by molar-refractivity contribution is -0.143. The average Bonchev–Trinajstić information content (AvgIpc) is 2.94. The van der Waals surface area contributed by atoms with Crippen LogP contribution in [0.4, 0.5) is 0 Å². The zero-order valence-corrected chi connectivity index (χ0v) is 16.1. The quantitative estimate of drug-likeness (QED) is 0.815. The van der Waals surface area contributed by atoms with Crippen molar-refractivity contribution in [3.8, 4) is 0 Å². The van der Waals surface area contributed by atoms with E-state index in [2.05, 4.69) is 44.2 Å². The smallest absolute Gasteiger partial charge is 0.117 e. The first kappa shape index (κ1) is 18.0. The van der Waals surface area contributed by atoms with Crippen LogP contribution in [0.15, 0.2) is 29.9 Å². The highest BCUT2D eigenvalue weighted by Gasteiger charge is 2.40. The molecular formula is C19H26N4O2S. The summed E-state index contributed by atoms with van der Waals surface area (Å²) in [4.78, 5) is 13.6. The molecule has 26 heavy (non-hydrogen) atoms. The lowest BCUT2D eigenvalue weighted by atomic mass is 10.0. The van der Waals surface area contributed by atoms with Crippen LogP contribution in [0.5, 0.6) is 0 Å². The summed E-state index contributed by atoms with van der Waals surface area (Å²) < 4.78 is 12.2. The summed E-state index contributed by atoms with van der Waals surface area (Å²) >= 11 is 1.71. The normalized spacial score (nSPS) is 25.4. The second-order valence-electron chi connectivity index (χ2n) is 7.22. The van der Waals surface area contributed by atoms with Crippen LogP contribution < -0.4 is 0 Å². The Morgan fingerprint density at radius 1 is 1.12 bits per heavy atom. The SMILES string of the molecule is Cc1nc(CN2CCOCC3(CN(Cc4ccncc4)CCO3)C2)cs1. The Kier molecular flexibility index (Phi) is 5.61. The predicted molar refractivity (Wildman–Crippen MR) is 101 cm³/mol. The van der Waals surface area contributed by atoms with Gasteiger partial charge in [0, 0.05) is 57.0 Å². The van der Waals surface area contributed by atoms with Gasteiger partial charge in [0.05, 0.1) is 30.5 Å². The maximum absolute atomic E-state index is 6.29. The summed E-state index contributed by atoms with van der Waals surface area (Å²) in [5.74, 6) is 0. The van der Waals surface area contributed by atoms with E-state index >= 15 is 0 Å². The zero-order valence-electron chi connectivity index (χ0n) is 15.3. The molecule has 0 amide bonds. The van der Waals surface area contributed by atoms with Crippen LogP contribution >= 0.6 is 11.3 Å². The van der Waals surface area contributed by atoms with Crippen molar-refractivity contribution in [2.24, 2.45) is 0 Å². The zero-order chi connectivity index (χ0) is 17.8. The van der Waals surface area contributed by atoms with Crippen molar-refractivity contribution in [2.45, 2.75) is 25.6 Å². The second kappa shape index (κ2) is 8.10. The van der Waals surface area contributed by atoms with E-state index < -0.39 is 0 Å². The van der Waals surface area contributed by atoms with E-state index in [9.17, 15) is 0 Å². The van der Waals surface area contributed by atoms with E-state index in [1.807, 2.05) is 12.4 Å². The molecule has 0 bridgehead atoms. The van der Waals surface area contributed by atoms with Crippen molar-refractivity contribution in [3.05, 3.63) is 46.2 Å². The highest BCUT2D eigenvalue weighted by Crippen LogP contribution is 2.25. The minimum atomic E-state index is -0.257. The van der Waals surface area contributed by atoms with Crippen LogP contribution in [0.25, 0.3) is 0 Å². The number of morpholine rings is 1.